The third kappa shape index (κ3) is 3.65. The van der Waals surface area contributed by atoms with Gasteiger partial charge in [-0.3, -0.25) is 4.79 Å². The number of carbonyl (C=O) groups excluding carboxylic acids is 1. The van der Waals surface area contributed by atoms with Gasteiger partial charge in [-0.2, -0.15) is 0 Å². The summed E-state index contributed by atoms with van der Waals surface area (Å²) in [4.78, 5) is 21.3. The van der Waals surface area contributed by atoms with Crippen molar-refractivity contribution in [1.82, 2.24) is 10.3 Å². The number of oxime groups is 1. The number of aldehydes is 1. The zero-order valence-electron chi connectivity index (χ0n) is 14.0. The molecule has 1 saturated heterocycles. The van der Waals surface area contributed by atoms with Gasteiger partial charge in [0.1, 0.15) is 11.5 Å². The SMILES string of the molecule is Cl.O=Cc1cccc(F)c1C1CC(c2csc(C3CCNCC3)n2)=NO1. The summed E-state index contributed by atoms with van der Waals surface area (Å²) in [7, 11) is 0. The largest absolute Gasteiger partial charge is 0.387 e. The molecule has 1 aromatic heterocycles. The van der Waals surface area contributed by atoms with Crippen LogP contribution < -0.4 is 5.32 Å². The molecule has 2 aliphatic heterocycles. The first-order valence-corrected chi connectivity index (χ1v) is 9.27. The quantitative estimate of drug-likeness (QED) is 0.798. The van der Waals surface area contributed by atoms with E-state index in [2.05, 4.69) is 10.5 Å². The Labute approximate surface area is 161 Å². The summed E-state index contributed by atoms with van der Waals surface area (Å²) >= 11 is 1.65. The first-order valence-electron chi connectivity index (χ1n) is 8.39. The van der Waals surface area contributed by atoms with Gasteiger partial charge in [0.15, 0.2) is 12.4 Å². The number of halogens is 2. The van der Waals surface area contributed by atoms with Gasteiger partial charge in [-0.25, -0.2) is 9.37 Å². The van der Waals surface area contributed by atoms with E-state index in [4.69, 9.17) is 9.82 Å². The van der Waals surface area contributed by atoms with Gasteiger partial charge in [-0.1, -0.05) is 17.3 Å². The Morgan fingerprint density at radius 2 is 2.12 bits per heavy atom. The minimum Gasteiger partial charge on any atom is -0.387 e. The van der Waals surface area contributed by atoms with Gasteiger partial charge in [0.25, 0.3) is 0 Å². The minimum absolute atomic E-state index is 0. The smallest absolute Gasteiger partial charge is 0.161 e. The van der Waals surface area contributed by atoms with Crippen LogP contribution in [0, 0.1) is 5.82 Å². The van der Waals surface area contributed by atoms with Crippen molar-refractivity contribution in [2.24, 2.45) is 5.16 Å². The molecule has 138 valence electrons. The highest BCUT2D eigenvalue weighted by Gasteiger charge is 2.30. The summed E-state index contributed by atoms with van der Waals surface area (Å²) in [6, 6.07) is 4.44. The van der Waals surface area contributed by atoms with Gasteiger partial charge in [-0.15, -0.1) is 23.7 Å². The van der Waals surface area contributed by atoms with Crippen molar-refractivity contribution < 1.29 is 14.0 Å². The summed E-state index contributed by atoms with van der Waals surface area (Å²) in [5.74, 6) is 0.0478. The molecule has 1 N–H and O–H groups in total. The van der Waals surface area contributed by atoms with Crippen molar-refractivity contribution in [1.29, 1.82) is 0 Å². The third-order valence-electron chi connectivity index (χ3n) is 4.71. The summed E-state index contributed by atoms with van der Waals surface area (Å²) in [5, 5.41) is 10.6. The van der Waals surface area contributed by atoms with E-state index in [1.807, 2.05) is 5.38 Å². The molecule has 0 spiro atoms. The minimum atomic E-state index is -0.583. The first kappa shape index (κ1) is 18.9. The maximum Gasteiger partial charge on any atom is 0.161 e. The number of benzene rings is 1. The lowest BCUT2D eigenvalue weighted by Gasteiger charge is -2.20. The van der Waals surface area contributed by atoms with E-state index >= 15 is 0 Å². The molecule has 0 bridgehead atoms. The molecule has 0 saturated carbocycles. The molecule has 1 aromatic carbocycles. The highest BCUT2D eigenvalue weighted by atomic mass is 35.5. The standard InChI is InChI=1S/C18H18FN3O2S.ClH/c19-13-3-1-2-12(9-23)17(13)16-8-14(22-24-16)15-10-25-18(21-15)11-4-6-20-7-5-11;/h1-3,9-11,16,20H,4-8H2;1H. The van der Waals surface area contributed by atoms with E-state index in [0.29, 0.717) is 29.9 Å². The Morgan fingerprint density at radius 3 is 2.88 bits per heavy atom. The van der Waals surface area contributed by atoms with Crippen molar-refractivity contribution in [2.45, 2.75) is 31.3 Å². The molecule has 0 aliphatic carbocycles. The van der Waals surface area contributed by atoms with Crippen LogP contribution in [0.3, 0.4) is 0 Å². The predicted octanol–water partition coefficient (Wildman–Crippen LogP) is 3.85. The van der Waals surface area contributed by atoms with E-state index in [-0.39, 0.29) is 18.0 Å². The van der Waals surface area contributed by atoms with Gasteiger partial charge in [0.05, 0.1) is 10.7 Å². The Hall–Kier alpha value is -1.83. The molecular weight excluding hydrogens is 377 g/mol. The van der Waals surface area contributed by atoms with E-state index in [9.17, 15) is 9.18 Å². The second kappa shape index (κ2) is 8.24. The summed E-state index contributed by atoms with van der Waals surface area (Å²) in [6.45, 7) is 2.04. The average molecular weight is 396 g/mol. The number of aromatic nitrogens is 1. The molecule has 8 heteroatoms. The van der Waals surface area contributed by atoms with Gasteiger partial charge in [-0.05, 0) is 32.0 Å². The topological polar surface area (TPSA) is 63.6 Å². The van der Waals surface area contributed by atoms with Crippen LogP contribution in [0.4, 0.5) is 4.39 Å². The highest BCUT2D eigenvalue weighted by molar-refractivity contribution is 7.10. The fourth-order valence-corrected chi connectivity index (χ4v) is 4.36. The fraction of sp³-hybridized carbons (Fsp3) is 0.389. The lowest BCUT2D eigenvalue weighted by Crippen LogP contribution is -2.26. The van der Waals surface area contributed by atoms with Gasteiger partial charge in [0.2, 0.25) is 0 Å². The lowest BCUT2D eigenvalue weighted by atomic mass is 9.98. The number of hydrogen-bond donors (Lipinski definition) is 1. The zero-order chi connectivity index (χ0) is 17.2. The number of piperidine rings is 1. The third-order valence-corrected chi connectivity index (χ3v) is 5.72. The van der Waals surface area contributed by atoms with E-state index in [1.54, 1.807) is 17.4 Å². The van der Waals surface area contributed by atoms with Crippen molar-refractivity contribution in [3.8, 4) is 0 Å². The number of hydrogen-bond acceptors (Lipinski definition) is 6. The maximum atomic E-state index is 14.2. The predicted molar refractivity (Wildman–Crippen MR) is 101 cm³/mol. The average Bonchev–Trinajstić information content (AvgIpc) is 3.31. The van der Waals surface area contributed by atoms with E-state index in [1.165, 1.54) is 12.1 Å². The molecule has 1 atom stereocenters. The number of carbonyl (C=O) groups is 1. The first-order chi connectivity index (χ1) is 12.3. The van der Waals surface area contributed by atoms with Crippen LogP contribution >= 0.6 is 23.7 Å². The van der Waals surface area contributed by atoms with Gasteiger partial charge in [0, 0.05) is 28.8 Å². The van der Waals surface area contributed by atoms with E-state index in [0.717, 1.165) is 36.6 Å². The van der Waals surface area contributed by atoms with Crippen LogP contribution in [0.2, 0.25) is 0 Å². The lowest BCUT2D eigenvalue weighted by molar-refractivity contribution is 0.0816. The van der Waals surface area contributed by atoms with Crippen molar-refractivity contribution >= 4 is 35.7 Å². The van der Waals surface area contributed by atoms with Crippen LogP contribution in [0.1, 0.15) is 57.9 Å². The van der Waals surface area contributed by atoms with Crippen molar-refractivity contribution in [3.05, 3.63) is 51.2 Å². The second-order valence-electron chi connectivity index (χ2n) is 6.29. The summed E-state index contributed by atoms with van der Waals surface area (Å²) in [6.07, 6.45) is 2.67. The van der Waals surface area contributed by atoms with Crippen LogP contribution in [-0.2, 0) is 4.84 Å². The molecule has 0 amide bonds. The normalized spacial score (nSPS) is 20.2. The molecule has 1 unspecified atom stereocenters. The Bertz CT molecular complexity index is 821. The van der Waals surface area contributed by atoms with Gasteiger partial charge >= 0.3 is 0 Å². The Morgan fingerprint density at radius 1 is 1.31 bits per heavy atom. The highest BCUT2D eigenvalue weighted by Crippen LogP contribution is 2.34. The molecule has 3 heterocycles. The number of thiazole rings is 1. The van der Waals surface area contributed by atoms with Crippen LogP contribution in [-0.4, -0.2) is 30.1 Å². The molecule has 26 heavy (non-hydrogen) atoms. The Kier molecular flexibility index (Phi) is 6.01. The molecule has 2 aromatic rings. The molecule has 0 radical (unpaired) electrons. The molecule has 5 nitrogen and oxygen atoms in total. The zero-order valence-corrected chi connectivity index (χ0v) is 15.6. The van der Waals surface area contributed by atoms with Gasteiger partial charge < -0.3 is 10.2 Å². The van der Waals surface area contributed by atoms with Crippen molar-refractivity contribution in [2.75, 3.05) is 13.1 Å². The molecule has 4 rings (SSSR count). The fourth-order valence-electron chi connectivity index (χ4n) is 3.36. The number of nitrogens with zero attached hydrogens (tertiary/aromatic N) is 2. The molecule has 1 fully saturated rings. The maximum absolute atomic E-state index is 14.2. The van der Waals surface area contributed by atoms with Crippen LogP contribution in [0.25, 0.3) is 0 Å². The Balaban J connectivity index is 0.00000196. The number of rotatable bonds is 4. The van der Waals surface area contributed by atoms with Crippen molar-refractivity contribution in [3.63, 3.8) is 0 Å². The summed E-state index contributed by atoms with van der Waals surface area (Å²) < 4.78 is 14.2. The molecule has 2 aliphatic rings. The number of nitrogens with one attached hydrogen (secondary N) is 1. The molecular formula is C18H19ClFN3O2S. The summed E-state index contributed by atoms with van der Waals surface area (Å²) in [5.41, 5.74) is 2.08. The monoisotopic (exact) mass is 395 g/mol. The van der Waals surface area contributed by atoms with Crippen LogP contribution in [0.15, 0.2) is 28.7 Å². The van der Waals surface area contributed by atoms with Crippen LogP contribution in [0.5, 0.6) is 0 Å². The van der Waals surface area contributed by atoms with E-state index < -0.39 is 11.9 Å². The second-order valence-corrected chi connectivity index (χ2v) is 7.18.